The van der Waals surface area contributed by atoms with Crippen molar-refractivity contribution < 1.29 is 4.74 Å². The van der Waals surface area contributed by atoms with E-state index in [-0.39, 0.29) is 0 Å². The summed E-state index contributed by atoms with van der Waals surface area (Å²) in [5.74, 6) is 1.93. The lowest BCUT2D eigenvalue weighted by Gasteiger charge is -2.29. The van der Waals surface area contributed by atoms with Gasteiger partial charge < -0.3 is 10.1 Å². The van der Waals surface area contributed by atoms with Crippen molar-refractivity contribution in [1.29, 1.82) is 0 Å². The first-order chi connectivity index (χ1) is 8.72. The molecule has 0 aromatic heterocycles. The minimum absolute atomic E-state index is 0.653. The van der Waals surface area contributed by atoms with Gasteiger partial charge in [0.05, 0.1) is 7.11 Å². The Morgan fingerprint density at radius 1 is 1.22 bits per heavy atom. The van der Waals surface area contributed by atoms with Crippen molar-refractivity contribution in [3.8, 4) is 5.75 Å². The van der Waals surface area contributed by atoms with Gasteiger partial charge in [-0.25, -0.2) is 0 Å². The zero-order valence-corrected chi connectivity index (χ0v) is 11.8. The van der Waals surface area contributed by atoms with Crippen molar-refractivity contribution in [3.05, 3.63) is 23.8 Å². The van der Waals surface area contributed by atoms with E-state index in [1.54, 1.807) is 7.11 Å². The van der Waals surface area contributed by atoms with Gasteiger partial charge in [-0.1, -0.05) is 13.3 Å². The third-order valence-electron chi connectivity index (χ3n) is 4.19. The molecule has 0 spiro atoms. The Labute approximate surface area is 111 Å². The van der Waals surface area contributed by atoms with Crippen LogP contribution < -0.4 is 10.1 Å². The predicted molar refractivity (Wildman–Crippen MR) is 77.4 cm³/mol. The van der Waals surface area contributed by atoms with E-state index < -0.39 is 0 Å². The molecule has 0 aliphatic heterocycles. The number of aryl methyl sites for hydroxylation is 1. The third-order valence-corrected chi connectivity index (χ3v) is 4.19. The van der Waals surface area contributed by atoms with E-state index in [0.717, 1.165) is 11.7 Å². The van der Waals surface area contributed by atoms with Crippen molar-refractivity contribution in [1.82, 2.24) is 0 Å². The van der Waals surface area contributed by atoms with Crippen LogP contribution in [0.1, 0.15) is 44.6 Å². The lowest BCUT2D eigenvalue weighted by molar-refractivity contribution is 0.330. The van der Waals surface area contributed by atoms with Crippen LogP contribution >= 0.6 is 0 Å². The van der Waals surface area contributed by atoms with Crippen LogP contribution in [0.25, 0.3) is 0 Å². The molecule has 2 nitrogen and oxygen atoms in total. The molecule has 0 atom stereocenters. The predicted octanol–water partition coefficient (Wildman–Crippen LogP) is 4.38. The Balaban J connectivity index is 1.92. The maximum Gasteiger partial charge on any atom is 0.121 e. The highest BCUT2D eigenvalue weighted by atomic mass is 16.5. The number of nitrogens with one attached hydrogen (secondary N) is 1. The summed E-state index contributed by atoms with van der Waals surface area (Å²) in [6.07, 6.45) is 6.72. The molecule has 2 heteroatoms. The van der Waals surface area contributed by atoms with Gasteiger partial charge in [0.1, 0.15) is 5.75 Å². The van der Waals surface area contributed by atoms with Gasteiger partial charge >= 0.3 is 0 Å². The minimum Gasteiger partial charge on any atom is -0.496 e. The molecule has 1 aliphatic carbocycles. The Kier molecular flexibility index (Phi) is 4.51. The van der Waals surface area contributed by atoms with E-state index in [4.69, 9.17) is 4.74 Å². The second kappa shape index (κ2) is 6.12. The molecule has 1 fully saturated rings. The first-order valence-electron chi connectivity index (χ1n) is 7.14. The zero-order valence-electron chi connectivity index (χ0n) is 11.8. The van der Waals surface area contributed by atoms with E-state index in [1.807, 2.05) is 0 Å². The number of benzene rings is 1. The lowest BCUT2D eigenvalue weighted by Crippen LogP contribution is -2.25. The molecule has 0 bridgehead atoms. The Hall–Kier alpha value is -1.18. The molecular weight excluding hydrogens is 222 g/mol. The van der Waals surface area contributed by atoms with E-state index >= 15 is 0 Å². The molecule has 18 heavy (non-hydrogen) atoms. The van der Waals surface area contributed by atoms with Crippen molar-refractivity contribution in [2.45, 2.75) is 52.0 Å². The summed E-state index contributed by atoms with van der Waals surface area (Å²) >= 11 is 0. The van der Waals surface area contributed by atoms with Gasteiger partial charge in [-0.2, -0.15) is 0 Å². The largest absolute Gasteiger partial charge is 0.496 e. The second-order valence-electron chi connectivity index (χ2n) is 5.45. The van der Waals surface area contributed by atoms with Gasteiger partial charge in [-0.3, -0.25) is 0 Å². The van der Waals surface area contributed by atoms with E-state index in [1.165, 1.54) is 43.4 Å². The van der Waals surface area contributed by atoms with Crippen LogP contribution in [0.2, 0.25) is 0 Å². The fourth-order valence-electron chi connectivity index (χ4n) is 2.92. The average molecular weight is 247 g/mol. The van der Waals surface area contributed by atoms with Gasteiger partial charge in [0.2, 0.25) is 0 Å². The summed E-state index contributed by atoms with van der Waals surface area (Å²) in [4.78, 5) is 0. The molecule has 0 heterocycles. The van der Waals surface area contributed by atoms with Crippen molar-refractivity contribution in [2.24, 2.45) is 5.92 Å². The van der Waals surface area contributed by atoms with Crippen LogP contribution in [0.3, 0.4) is 0 Å². The molecule has 1 saturated carbocycles. The summed E-state index contributed by atoms with van der Waals surface area (Å²) in [5, 5.41) is 3.66. The standard InChI is InChI=1S/C16H25NO/c1-4-13-5-7-14(8-6-13)17-15-9-10-16(18-3)12(2)11-15/h9-11,13-14,17H,4-8H2,1-3H3. The van der Waals surface area contributed by atoms with Gasteiger partial charge in [0.15, 0.2) is 0 Å². The van der Waals surface area contributed by atoms with E-state index in [2.05, 4.69) is 37.4 Å². The zero-order chi connectivity index (χ0) is 13.0. The van der Waals surface area contributed by atoms with Crippen LogP contribution in [-0.2, 0) is 0 Å². The fourth-order valence-corrected chi connectivity index (χ4v) is 2.92. The number of hydrogen-bond donors (Lipinski definition) is 1. The van der Waals surface area contributed by atoms with Crippen molar-refractivity contribution in [2.75, 3.05) is 12.4 Å². The molecule has 1 aromatic carbocycles. The number of rotatable bonds is 4. The van der Waals surface area contributed by atoms with Crippen molar-refractivity contribution >= 4 is 5.69 Å². The molecule has 0 amide bonds. The van der Waals surface area contributed by atoms with Crippen molar-refractivity contribution in [3.63, 3.8) is 0 Å². The first kappa shape index (κ1) is 13.3. The smallest absolute Gasteiger partial charge is 0.121 e. The van der Waals surface area contributed by atoms with E-state index in [9.17, 15) is 0 Å². The normalized spacial score (nSPS) is 23.7. The Bertz CT molecular complexity index is 381. The van der Waals surface area contributed by atoms with Gasteiger partial charge in [-0.05, 0) is 62.3 Å². The summed E-state index contributed by atoms with van der Waals surface area (Å²) in [6, 6.07) is 7.01. The Morgan fingerprint density at radius 2 is 1.94 bits per heavy atom. The highest BCUT2D eigenvalue weighted by Crippen LogP contribution is 2.29. The number of anilines is 1. The third kappa shape index (κ3) is 3.18. The molecule has 1 aromatic rings. The summed E-state index contributed by atoms with van der Waals surface area (Å²) in [7, 11) is 1.72. The molecule has 0 radical (unpaired) electrons. The highest BCUT2D eigenvalue weighted by Gasteiger charge is 2.19. The van der Waals surface area contributed by atoms with Crippen LogP contribution in [0.4, 0.5) is 5.69 Å². The average Bonchev–Trinajstić information content (AvgIpc) is 2.40. The molecule has 2 rings (SSSR count). The first-order valence-corrected chi connectivity index (χ1v) is 7.14. The molecule has 100 valence electrons. The molecule has 0 unspecified atom stereocenters. The highest BCUT2D eigenvalue weighted by molar-refractivity contribution is 5.51. The van der Waals surface area contributed by atoms with Gasteiger partial charge in [0.25, 0.3) is 0 Å². The van der Waals surface area contributed by atoms with Crippen LogP contribution in [0, 0.1) is 12.8 Å². The monoisotopic (exact) mass is 247 g/mol. The summed E-state index contributed by atoms with van der Waals surface area (Å²) in [6.45, 7) is 4.41. The molecule has 1 aliphatic rings. The molecule has 1 N–H and O–H groups in total. The maximum absolute atomic E-state index is 5.29. The summed E-state index contributed by atoms with van der Waals surface area (Å²) < 4.78 is 5.29. The number of ether oxygens (including phenoxy) is 1. The quantitative estimate of drug-likeness (QED) is 0.852. The number of hydrogen-bond acceptors (Lipinski definition) is 2. The minimum atomic E-state index is 0.653. The van der Waals surface area contributed by atoms with Gasteiger partial charge in [-0.15, -0.1) is 0 Å². The maximum atomic E-state index is 5.29. The molecule has 0 saturated heterocycles. The SMILES string of the molecule is CCC1CCC(Nc2ccc(OC)c(C)c2)CC1. The molecular formula is C16H25NO. The Morgan fingerprint density at radius 3 is 2.50 bits per heavy atom. The van der Waals surface area contributed by atoms with Crippen LogP contribution in [-0.4, -0.2) is 13.2 Å². The lowest BCUT2D eigenvalue weighted by atomic mass is 9.84. The van der Waals surface area contributed by atoms with Gasteiger partial charge in [0, 0.05) is 11.7 Å². The van der Waals surface area contributed by atoms with Crippen LogP contribution in [0.15, 0.2) is 18.2 Å². The van der Waals surface area contributed by atoms with Crippen LogP contribution in [0.5, 0.6) is 5.75 Å². The van der Waals surface area contributed by atoms with E-state index in [0.29, 0.717) is 6.04 Å². The summed E-state index contributed by atoms with van der Waals surface area (Å²) in [5.41, 5.74) is 2.43. The second-order valence-corrected chi connectivity index (χ2v) is 5.45. The fraction of sp³-hybridized carbons (Fsp3) is 0.625. The number of methoxy groups -OCH3 is 1. The topological polar surface area (TPSA) is 21.3 Å².